The van der Waals surface area contributed by atoms with Crippen molar-refractivity contribution in [3.8, 4) is 22.8 Å². The maximum atomic E-state index is 14.0. The number of rotatable bonds is 8. The van der Waals surface area contributed by atoms with E-state index in [0.717, 1.165) is 37.1 Å². The Bertz CT molecular complexity index is 1630. The van der Waals surface area contributed by atoms with Gasteiger partial charge in [-0.2, -0.15) is 0 Å². The zero-order valence-corrected chi connectivity index (χ0v) is 30.5. The predicted molar refractivity (Wildman–Crippen MR) is 191 cm³/mol. The fourth-order valence-electron chi connectivity index (χ4n) is 7.40. The molecule has 48 heavy (non-hydrogen) atoms. The summed E-state index contributed by atoms with van der Waals surface area (Å²) < 4.78 is 8.23. The van der Waals surface area contributed by atoms with E-state index < -0.39 is 6.04 Å². The number of benzene rings is 2. The largest absolute Gasteiger partial charge is 0.506 e. The van der Waals surface area contributed by atoms with Gasteiger partial charge in [-0.1, -0.05) is 18.6 Å². The van der Waals surface area contributed by atoms with E-state index in [0.29, 0.717) is 65.5 Å². The van der Waals surface area contributed by atoms with Crippen LogP contribution in [0.3, 0.4) is 0 Å². The number of aromatic nitrogens is 2. The molecule has 2 aromatic carbocycles. The Balaban J connectivity index is 1.11. The average Bonchev–Trinajstić information content (AvgIpc) is 3.51. The highest BCUT2D eigenvalue weighted by atomic mass is 79.9. The topological polar surface area (TPSA) is 123 Å². The highest BCUT2D eigenvalue weighted by Crippen LogP contribution is 2.34. The van der Waals surface area contributed by atoms with Gasteiger partial charge in [-0.05, 0) is 113 Å². The minimum atomic E-state index is -0.763. The SMILES string of the molecule is COc1ccccc1-c1cn(C2CCN(C(=O)N[C@H](Cc3cc(Br)c(O)c(Br)c3)C(=O)N3CCC(N4CCCCC4)CC3)CC2)c(=O)[nH]1. The Morgan fingerprint density at radius 1 is 0.938 bits per heavy atom. The molecule has 3 saturated heterocycles. The molecule has 0 aliphatic carbocycles. The Hall–Kier alpha value is -3.29. The van der Waals surface area contributed by atoms with Crippen LogP contribution in [0.15, 0.2) is 56.3 Å². The van der Waals surface area contributed by atoms with Crippen LogP contribution in [0, 0.1) is 0 Å². The molecule has 6 rings (SSSR count). The van der Waals surface area contributed by atoms with Crippen LogP contribution in [0.25, 0.3) is 11.3 Å². The number of imidazole rings is 1. The molecule has 0 saturated carbocycles. The smallest absolute Gasteiger partial charge is 0.326 e. The number of carbonyl (C=O) groups excluding carboxylic acids is 2. The van der Waals surface area contributed by atoms with E-state index in [1.165, 1.54) is 19.3 Å². The van der Waals surface area contributed by atoms with Crippen LogP contribution >= 0.6 is 31.9 Å². The molecular weight excluding hydrogens is 744 g/mol. The lowest BCUT2D eigenvalue weighted by Crippen LogP contribution is -2.56. The third-order valence-corrected chi connectivity index (χ3v) is 11.3. The Morgan fingerprint density at radius 2 is 1.56 bits per heavy atom. The van der Waals surface area contributed by atoms with E-state index >= 15 is 0 Å². The number of hydrogen-bond acceptors (Lipinski definition) is 6. The second-order valence-electron chi connectivity index (χ2n) is 13.1. The van der Waals surface area contributed by atoms with Gasteiger partial charge in [0.05, 0.1) is 21.7 Å². The normalized spacial score (nSPS) is 18.9. The zero-order chi connectivity index (χ0) is 33.8. The maximum Gasteiger partial charge on any atom is 0.326 e. The van der Waals surface area contributed by atoms with Gasteiger partial charge in [-0.15, -0.1) is 0 Å². The summed E-state index contributed by atoms with van der Waals surface area (Å²) in [6, 6.07) is 10.5. The lowest BCUT2D eigenvalue weighted by molar-refractivity contribution is -0.134. The highest BCUT2D eigenvalue weighted by molar-refractivity contribution is 9.11. The number of aromatic amines is 1. The fourth-order valence-corrected chi connectivity index (χ4v) is 8.68. The van der Waals surface area contributed by atoms with Crippen molar-refractivity contribution in [2.24, 2.45) is 0 Å². The zero-order valence-electron chi connectivity index (χ0n) is 27.3. The number of aromatic hydroxyl groups is 1. The summed E-state index contributed by atoms with van der Waals surface area (Å²) in [6.07, 6.45) is 9.00. The predicted octanol–water partition coefficient (Wildman–Crippen LogP) is 5.52. The van der Waals surface area contributed by atoms with Crippen molar-refractivity contribution in [2.75, 3.05) is 46.4 Å². The maximum absolute atomic E-state index is 14.0. The summed E-state index contributed by atoms with van der Waals surface area (Å²) in [6.45, 7) is 4.53. The minimum Gasteiger partial charge on any atom is -0.506 e. The van der Waals surface area contributed by atoms with Gasteiger partial charge in [0.2, 0.25) is 5.91 Å². The molecule has 3 amide bonds. The van der Waals surface area contributed by atoms with Crippen LogP contribution in [-0.2, 0) is 11.2 Å². The third-order valence-electron chi connectivity index (χ3n) is 10.1. The number of nitrogens with one attached hydrogen (secondary N) is 2. The van der Waals surface area contributed by atoms with Crippen LogP contribution in [0.1, 0.15) is 56.6 Å². The first kappa shape index (κ1) is 34.6. The van der Waals surface area contributed by atoms with E-state index in [9.17, 15) is 19.5 Å². The van der Waals surface area contributed by atoms with Gasteiger partial charge in [0.15, 0.2) is 0 Å². The lowest BCUT2D eigenvalue weighted by Gasteiger charge is -2.41. The lowest BCUT2D eigenvalue weighted by atomic mass is 9.98. The van der Waals surface area contributed by atoms with Crippen molar-refractivity contribution in [3.63, 3.8) is 0 Å². The van der Waals surface area contributed by atoms with Crippen molar-refractivity contribution >= 4 is 43.8 Å². The molecule has 11 nitrogen and oxygen atoms in total. The fraction of sp³-hybridized carbons (Fsp3) is 0.514. The summed E-state index contributed by atoms with van der Waals surface area (Å²) in [5, 5.41) is 13.3. The number of H-pyrrole nitrogens is 1. The highest BCUT2D eigenvalue weighted by Gasteiger charge is 2.34. The number of amides is 3. The summed E-state index contributed by atoms with van der Waals surface area (Å²) >= 11 is 6.80. The van der Waals surface area contributed by atoms with E-state index in [1.807, 2.05) is 35.4 Å². The number of nitrogens with zero attached hydrogens (tertiary/aromatic N) is 4. The second kappa shape index (κ2) is 15.5. The molecule has 0 spiro atoms. The van der Waals surface area contributed by atoms with Gasteiger partial charge >= 0.3 is 11.7 Å². The Labute approximate surface area is 297 Å². The molecule has 3 fully saturated rings. The van der Waals surface area contributed by atoms with Crippen molar-refractivity contribution in [2.45, 2.75) is 69.5 Å². The molecule has 1 aromatic heterocycles. The van der Waals surface area contributed by atoms with Gasteiger partial charge < -0.3 is 34.8 Å². The molecule has 13 heteroatoms. The summed E-state index contributed by atoms with van der Waals surface area (Å²) in [5.41, 5.74) is 2.11. The quantitative estimate of drug-likeness (QED) is 0.277. The average molecular weight is 789 g/mol. The number of halogens is 2. The Kier molecular flexibility index (Phi) is 11.2. The van der Waals surface area contributed by atoms with E-state index in [4.69, 9.17) is 4.74 Å². The molecule has 3 aliphatic rings. The minimum absolute atomic E-state index is 0.0633. The van der Waals surface area contributed by atoms with Crippen LogP contribution in [0.5, 0.6) is 11.5 Å². The summed E-state index contributed by atoms with van der Waals surface area (Å²) in [7, 11) is 1.60. The first-order valence-corrected chi connectivity index (χ1v) is 18.5. The van der Waals surface area contributed by atoms with E-state index in [1.54, 1.807) is 28.7 Å². The standard InChI is InChI=1S/C35H44Br2N6O5/c1-48-31-8-4-3-7-26(31)30-22-43(35(47)39-30)25-11-17-42(18-12-25)34(46)38-29(21-23-19-27(36)32(44)28(37)20-23)33(45)41-15-9-24(10-16-41)40-13-5-2-6-14-40/h3-4,7-8,19-20,22,24-25,29,44H,2,5-6,9-18,21H2,1H3,(H,38,46)(H,39,47)/t29-/m1/s1. The van der Waals surface area contributed by atoms with Crippen LogP contribution in [0.2, 0.25) is 0 Å². The molecular formula is C35H44Br2N6O5. The molecule has 4 heterocycles. The molecule has 1 atom stereocenters. The number of ether oxygens (including phenoxy) is 1. The number of phenolic OH excluding ortho intramolecular Hbond substituents is 1. The van der Waals surface area contributed by atoms with Crippen molar-refractivity contribution in [1.82, 2.24) is 29.6 Å². The number of phenols is 1. The molecule has 0 radical (unpaired) electrons. The molecule has 258 valence electrons. The van der Waals surface area contributed by atoms with Crippen molar-refractivity contribution in [1.29, 1.82) is 0 Å². The number of carbonyl (C=O) groups is 2. The Morgan fingerprint density at radius 3 is 2.23 bits per heavy atom. The number of para-hydroxylation sites is 1. The molecule has 3 aromatic rings. The van der Waals surface area contributed by atoms with Crippen LogP contribution in [0.4, 0.5) is 4.79 Å². The first-order valence-electron chi connectivity index (χ1n) is 16.9. The molecule has 3 N–H and O–H groups in total. The molecule has 0 bridgehead atoms. The van der Waals surface area contributed by atoms with Gasteiger partial charge in [0, 0.05) is 56.4 Å². The van der Waals surface area contributed by atoms with Gasteiger partial charge in [-0.25, -0.2) is 9.59 Å². The van der Waals surface area contributed by atoms with Crippen LogP contribution < -0.4 is 15.7 Å². The summed E-state index contributed by atoms with van der Waals surface area (Å²) in [5.74, 6) is 0.683. The molecule has 3 aliphatic heterocycles. The monoisotopic (exact) mass is 786 g/mol. The number of urea groups is 1. The number of methoxy groups -OCH3 is 1. The summed E-state index contributed by atoms with van der Waals surface area (Å²) in [4.78, 5) is 49.9. The van der Waals surface area contributed by atoms with E-state index in [2.05, 4.69) is 47.1 Å². The van der Waals surface area contributed by atoms with Crippen LogP contribution in [-0.4, -0.2) is 99.8 Å². The van der Waals surface area contributed by atoms with E-state index in [-0.39, 0.29) is 35.8 Å². The number of likely N-dealkylation sites (tertiary alicyclic amines) is 3. The van der Waals surface area contributed by atoms with Gasteiger partial charge in [0.25, 0.3) is 0 Å². The number of hydrogen-bond donors (Lipinski definition) is 3. The van der Waals surface area contributed by atoms with Gasteiger partial charge in [0.1, 0.15) is 17.5 Å². The second-order valence-corrected chi connectivity index (χ2v) is 14.8. The molecule has 0 unspecified atom stereocenters. The van der Waals surface area contributed by atoms with Gasteiger partial charge in [-0.3, -0.25) is 9.36 Å². The third kappa shape index (κ3) is 7.78. The number of piperidine rings is 3. The van der Waals surface area contributed by atoms with Crippen molar-refractivity contribution in [3.05, 3.63) is 67.6 Å². The van der Waals surface area contributed by atoms with Crippen molar-refractivity contribution < 1.29 is 19.4 Å². The first-order chi connectivity index (χ1) is 23.2.